The number of pyridine rings is 1. The molecule has 1 heterocycles. The van der Waals surface area contributed by atoms with Crippen molar-refractivity contribution in [3.63, 3.8) is 0 Å². The lowest BCUT2D eigenvalue weighted by Gasteiger charge is -2.20. The molecule has 2 N–H and O–H groups in total. The number of aromatic nitrogens is 1. The van der Waals surface area contributed by atoms with E-state index in [0.717, 1.165) is 5.56 Å². The normalized spacial score (nSPS) is 11.0. The van der Waals surface area contributed by atoms with E-state index < -0.39 is 16.0 Å². The number of nitrogens with one attached hydrogen (secondary N) is 1. The van der Waals surface area contributed by atoms with Gasteiger partial charge in [-0.05, 0) is 42.8 Å². The second-order valence-electron chi connectivity index (χ2n) is 6.75. The molecule has 2 aromatic carbocycles. The number of nitrogens with zero attached hydrogens (tertiary/aromatic N) is 2. The van der Waals surface area contributed by atoms with Crippen LogP contribution in [0.2, 0.25) is 0 Å². The van der Waals surface area contributed by atoms with Crippen LogP contribution in [0, 0.1) is 0 Å². The van der Waals surface area contributed by atoms with Crippen LogP contribution in [0.15, 0.2) is 71.8 Å². The molecule has 0 amide bonds. The van der Waals surface area contributed by atoms with E-state index in [2.05, 4.69) is 9.71 Å². The van der Waals surface area contributed by atoms with Crippen molar-refractivity contribution in [2.45, 2.75) is 18.4 Å². The van der Waals surface area contributed by atoms with E-state index in [4.69, 9.17) is 4.74 Å². The largest absolute Gasteiger partial charge is 0.494 e. The topological polar surface area (TPSA) is 109 Å². The monoisotopic (exact) mass is 441 g/mol. The summed E-state index contributed by atoms with van der Waals surface area (Å²) in [5.41, 5.74) is 0.942. The number of sulfonamides is 1. The molecule has 0 aliphatic rings. The highest BCUT2D eigenvalue weighted by Gasteiger charge is 2.20. The van der Waals surface area contributed by atoms with E-state index in [0.29, 0.717) is 18.9 Å². The molecule has 0 aliphatic heterocycles. The summed E-state index contributed by atoms with van der Waals surface area (Å²) in [6.07, 6.45) is 1.30. The minimum absolute atomic E-state index is 0.0260. The van der Waals surface area contributed by atoms with Crippen molar-refractivity contribution < 1.29 is 23.1 Å². The van der Waals surface area contributed by atoms with Gasteiger partial charge in [-0.1, -0.05) is 30.3 Å². The van der Waals surface area contributed by atoms with Gasteiger partial charge in [0.15, 0.2) is 0 Å². The van der Waals surface area contributed by atoms with Crippen molar-refractivity contribution in [1.29, 1.82) is 0 Å². The third-order valence-electron chi connectivity index (χ3n) is 4.42. The first-order valence-electron chi connectivity index (χ1n) is 9.54. The van der Waals surface area contributed by atoms with Gasteiger partial charge in [0.05, 0.1) is 23.4 Å². The number of rotatable bonds is 9. The zero-order chi connectivity index (χ0) is 22.4. The van der Waals surface area contributed by atoms with Gasteiger partial charge in [0.1, 0.15) is 17.1 Å². The van der Waals surface area contributed by atoms with Crippen molar-refractivity contribution >= 4 is 27.5 Å². The first kappa shape index (κ1) is 22.1. The maximum absolute atomic E-state index is 12.7. The number of ether oxygens (including phenoxy) is 1. The zero-order valence-electron chi connectivity index (χ0n) is 17.1. The number of aromatic carboxylic acids is 1. The molecule has 0 radical (unpaired) electrons. The molecule has 8 nitrogen and oxygen atoms in total. The summed E-state index contributed by atoms with van der Waals surface area (Å²) in [5, 5.41) is 9.64. The van der Waals surface area contributed by atoms with Crippen molar-refractivity contribution in [2.75, 3.05) is 23.3 Å². The molecule has 162 valence electrons. The molecule has 0 atom stereocenters. The molecular weight excluding hydrogens is 418 g/mol. The summed E-state index contributed by atoms with van der Waals surface area (Å²) >= 11 is 0. The predicted octanol–water partition coefficient (Wildman–Crippen LogP) is 3.62. The smallest absolute Gasteiger partial charge is 0.339 e. The van der Waals surface area contributed by atoms with Crippen LogP contribution in [0.3, 0.4) is 0 Å². The first-order valence-corrected chi connectivity index (χ1v) is 11.0. The van der Waals surface area contributed by atoms with Crippen LogP contribution in [-0.4, -0.2) is 38.1 Å². The highest BCUT2D eigenvalue weighted by atomic mass is 32.2. The standard InChI is InChI=1S/C22H23N3O5S/c1-3-30-18-9-11-19(12-10-18)31(28,29)24-17-13-20(22(26)27)21(23-14-17)25(2)15-16-7-5-4-6-8-16/h4-14,24H,3,15H2,1-2H3,(H,26,27). The molecule has 0 saturated heterocycles. The Labute approximate surface area is 181 Å². The number of carboxylic acids is 1. The molecule has 0 spiro atoms. The van der Waals surface area contributed by atoms with E-state index in [1.165, 1.54) is 24.4 Å². The quantitative estimate of drug-likeness (QED) is 0.522. The van der Waals surface area contributed by atoms with Gasteiger partial charge in [0, 0.05) is 13.6 Å². The van der Waals surface area contributed by atoms with Gasteiger partial charge in [-0.25, -0.2) is 18.2 Å². The Hall–Kier alpha value is -3.59. The molecule has 0 unspecified atom stereocenters. The van der Waals surface area contributed by atoms with Crippen LogP contribution in [0.1, 0.15) is 22.8 Å². The van der Waals surface area contributed by atoms with E-state index >= 15 is 0 Å². The molecule has 3 aromatic rings. The SMILES string of the molecule is CCOc1ccc(S(=O)(=O)Nc2cnc(N(C)Cc3ccccc3)c(C(=O)O)c2)cc1. The van der Waals surface area contributed by atoms with Crippen molar-refractivity contribution in [1.82, 2.24) is 4.98 Å². The summed E-state index contributed by atoms with van der Waals surface area (Å²) < 4.78 is 33.0. The van der Waals surface area contributed by atoms with Crippen LogP contribution >= 0.6 is 0 Å². The van der Waals surface area contributed by atoms with Crippen LogP contribution in [0.4, 0.5) is 11.5 Å². The summed E-state index contributed by atoms with van der Waals surface area (Å²) in [4.78, 5) is 17.7. The van der Waals surface area contributed by atoms with E-state index in [-0.39, 0.29) is 22.0 Å². The highest BCUT2D eigenvalue weighted by Crippen LogP contribution is 2.24. The van der Waals surface area contributed by atoms with E-state index in [1.54, 1.807) is 24.1 Å². The number of hydrogen-bond acceptors (Lipinski definition) is 6. The highest BCUT2D eigenvalue weighted by molar-refractivity contribution is 7.92. The fourth-order valence-electron chi connectivity index (χ4n) is 3.00. The Morgan fingerprint density at radius 2 is 1.81 bits per heavy atom. The summed E-state index contributed by atoms with van der Waals surface area (Å²) in [7, 11) is -2.19. The zero-order valence-corrected chi connectivity index (χ0v) is 18.0. The van der Waals surface area contributed by atoms with E-state index in [1.807, 2.05) is 37.3 Å². The Kier molecular flexibility index (Phi) is 6.76. The van der Waals surface area contributed by atoms with Gasteiger partial charge in [-0.3, -0.25) is 4.72 Å². The molecule has 0 fully saturated rings. The van der Waals surface area contributed by atoms with Gasteiger partial charge < -0.3 is 14.7 Å². The van der Waals surface area contributed by atoms with Gasteiger partial charge >= 0.3 is 5.97 Å². The first-order chi connectivity index (χ1) is 14.8. The Morgan fingerprint density at radius 1 is 1.13 bits per heavy atom. The fraction of sp³-hybridized carbons (Fsp3) is 0.182. The Balaban J connectivity index is 1.83. The van der Waals surface area contributed by atoms with Crippen LogP contribution < -0.4 is 14.4 Å². The van der Waals surface area contributed by atoms with Crippen molar-refractivity contribution in [3.8, 4) is 5.75 Å². The fourth-order valence-corrected chi connectivity index (χ4v) is 4.04. The molecular formula is C22H23N3O5S. The number of carboxylic acid groups (broad SMARTS) is 1. The van der Waals surface area contributed by atoms with Crippen molar-refractivity contribution in [2.24, 2.45) is 0 Å². The third-order valence-corrected chi connectivity index (χ3v) is 5.82. The summed E-state index contributed by atoms with van der Waals surface area (Å²) in [6.45, 7) is 2.75. The minimum Gasteiger partial charge on any atom is -0.494 e. The summed E-state index contributed by atoms with van der Waals surface area (Å²) in [6, 6.07) is 16.8. The lowest BCUT2D eigenvalue weighted by molar-refractivity contribution is 0.0697. The van der Waals surface area contributed by atoms with E-state index in [9.17, 15) is 18.3 Å². The Bertz CT molecular complexity index is 1150. The van der Waals surface area contributed by atoms with Gasteiger partial charge in [-0.15, -0.1) is 0 Å². The number of carbonyl (C=O) groups is 1. The van der Waals surface area contributed by atoms with Gasteiger partial charge in [0.2, 0.25) is 0 Å². The maximum Gasteiger partial charge on any atom is 0.339 e. The second kappa shape index (κ2) is 9.48. The average molecular weight is 442 g/mol. The van der Waals surface area contributed by atoms with Crippen LogP contribution in [-0.2, 0) is 16.6 Å². The lowest BCUT2D eigenvalue weighted by atomic mass is 10.2. The molecule has 0 aliphatic carbocycles. The van der Waals surface area contributed by atoms with Crippen LogP contribution in [0.5, 0.6) is 5.75 Å². The molecule has 1 aromatic heterocycles. The average Bonchev–Trinajstić information content (AvgIpc) is 2.74. The van der Waals surface area contributed by atoms with Crippen molar-refractivity contribution in [3.05, 3.63) is 78.0 Å². The molecule has 31 heavy (non-hydrogen) atoms. The van der Waals surface area contributed by atoms with Crippen LogP contribution in [0.25, 0.3) is 0 Å². The number of benzene rings is 2. The molecule has 0 bridgehead atoms. The maximum atomic E-state index is 12.7. The molecule has 0 saturated carbocycles. The van der Waals surface area contributed by atoms with Gasteiger partial charge in [-0.2, -0.15) is 0 Å². The molecule has 3 rings (SSSR count). The molecule has 9 heteroatoms. The Morgan fingerprint density at radius 3 is 2.42 bits per heavy atom. The number of hydrogen-bond donors (Lipinski definition) is 2. The third kappa shape index (κ3) is 5.52. The summed E-state index contributed by atoms with van der Waals surface area (Å²) in [5.74, 6) is -0.410. The predicted molar refractivity (Wildman–Crippen MR) is 118 cm³/mol. The number of anilines is 2. The van der Waals surface area contributed by atoms with Gasteiger partial charge in [0.25, 0.3) is 10.0 Å². The minimum atomic E-state index is -3.92. The lowest BCUT2D eigenvalue weighted by Crippen LogP contribution is -2.21. The second-order valence-corrected chi connectivity index (χ2v) is 8.43.